The van der Waals surface area contributed by atoms with Crippen LogP contribution in [0, 0.1) is 0 Å². The van der Waals surface area contributed by atoms with Crippen molar-refractivity contribution in [2.75, 3.05) is 6.61 Å². The predicted molar refractivity (Wildman–Crippen MR) is 54.1 cm³/mol. The summed E-state index contributed by atoms with van der Waals surface area (Å²) in [4.78, 5) is 4.24. The molecule has 0 bridgehead atoms. The highest BCUT2D eigenvalue weighted by atomic mass is 16.5. The lowest BCUT2D eigenvalue weighted by molar-refractivity contribution is 0.236. The van der Waals surface area contributed by atoms with Crippen LogP contribution in [0.25, 0.3) is 0 Å². The van der Waals surface area contributed by atoms with Gasteiger partial charge in [0.15, 0.2) is 5.82 Å². The molecule has 0 unspecified atom stereocenters. The van der Waals surface area contributed by atoms with Crippen molar-refractivity contribution in [3.63, 3.8) is 0 Å². The Kier molecular flexibility index (Phi) is 3.33. The summed E-state index contributed by atoms with van der Waals surface area (Å²) < 4.78 is 5.02. The summed E-state index contributed by atoms with van der Waals surface area (Å²) in [6, 6.07) is -0.546. The fraction of sp³-hybridized carbons (Fsp3) is 0.800. The third-order valence-corrected chi connectivity index (χ3v) is 2.94. The number of aliphatic hydroxyl groups is 1. The predicted octanol–water partition coefficient (Wildman–Crippen LogP) is 1.11. The van der Waals surface area contributed by atoms with Crippen LogP contribution >= 0.6 is 0 Å². The lowest BCUT2D eigenvalue weighted by Gasteiger charge is -2.17. The van der Waals surface area contributed by atoms with Gasteiger partial charge in [0.2, 0.25) is 5.89 Å². The molecule has 5 heteroatoms. The van der Waals surface area contributed by atoms with Gasteiger partial charge in [-0.05, 0) is 12.8 Å². The number of aliphatic hydroxyl groups excluding tert-OH is 1. The van der Waals surface area contributed by atoms with E-state index in [4.69, 9.17) is 15.4 Å². The molecular weight excluding hydrogens is 194 g/mol. The number of rotatable bonds is 3. The van der Waals surface area contributed by atoms with Crippen LogP contribution in [0.4, 0.5) is 0 Å². The molecule has 1 aliphatic rings. The van der Waals surface area contributed by atoms with Gasteiger partial charge < -0.3 is 15.4 Å². The van der Waals surface area contributed by atoms with Gasteiger partial charge in [-0.1, -0.05) is 24.4 Å². The minimum absolute atomic E-state index is 0.160. The smallest absolute Gasteiger partial charge is 0.245 e. The van der Waals surface area contributed by atoms with Crippen molar-refractivity contribution in [3.05, 3.63) is 11.7 Å². The first-order valence-electron chi connectivity index (χ1n) is 5.51. The monoisotopic (exact) mass is 211 g/mol. The van der Waals surface area contributed by atoms with Crippen LogP contribution < -0.4 is 5.73 Å². The largest absolute Gasteiger partial charge is 0.394 e. The van der Waals surface area contributed by atoms with Crippen LogP contribution in [-0.4, -0.2) is 21.9 Å². The third kappa shape index (κ3) is 2.35. The molecule has 1 aromatic rings. The molecule has 15 heavy (non-hydrogen) atoms. The van der Waals surface area contributed by atoms with E-state index in [0.717, 1.165) is 18.7 Å². The molecule has 84 valence electrons. The van der Waals surface area contributed by atoms with Crippen molar-refractivity contribution in [2.24, 2.45) is 5.73 Å². The first-order chi connectivity index (χ1) is 7.31. The SMILES string of the molecule is N[C@@H](CO)c1nc(C2CCCCC2)no1. The zero-order valence-corrected chi connectivity index (χ0v) is 8.72. The maximum Gasteiger partial charge on any atom is 0.245 e. The molecule has 1 aliphatic carbocycles. The number of hydrogen-bond donors (Lipinski definition) is 2. The Morgan fingerprint density at radius 3 is 2.80 bits per heavy atom. The molecule has 0 amide bonds. The summed E-state index contributed by atoms with van der Waals surface area (Å²) in [5.74, 6) is 1.52. The van der Waals surface area contributed by atoms with E-state index in [2.05, 4.69) is 10.1 Å². The van der Waals surface area contributed by atoms with Gasteiger partial charge in [-0.15, -0.1) is 0 Å². The lowest BCUT2D eigenvalue weighted by atomic mass is 9.89. The molecule has 1 atom stereocenters. The second-order valence-electron chi connectivity index (χ2n) is 4.11. The van der Waals surface area contributed by atoms with Gasteiger partial charge in [-0.2, -0.15) is 4.98 Å². The first kappa shape index (κ1) is 10.6. The second kappa shape index (κ2) is 4.72. The number of aromatic nitrogens is 2. The molecule has 2 rings (SSSR count). The molecule has 0 radical (unpaired) electrons. The molecule has 1 heterocycles. The standard InChI is InChI=1S/C10H17N3O2/c11-8(6-14)10-12-9(13-15-10)7-4-2-1-3-5-7/h7-8,14H,1-6,11H2/t8-/m0/s1. The van der Waals surface area contributed by atoms with Crippen LogP contribution in [-0.2, 0) is 0 Å². The molecule has 0 spiro atoms. The number of nitrogens with two attached hydrogens (primary N) is 1. The van der Waals surface area contributed by atoms with E-state index in [1.165, 1.54) is 19.3 Å². The summed E-state index contributed by atoms with van der Waals surface area (Å²) in [6.45, 7) is -0.160. The normalized spacial score (nSPS) is 20.4. The minimum Gasteiger partial charge on any atom is -0.394 e. The molecule has 1 saturated carbocycles. The number of hydrogen-bond acceptors (Lipinski definition) is 5. The highest BCUT2D eigenvalue weighted by Crippen LogP contribution is 2.31. The Bertz CT molecular complexity index is 307. The maximum absolute atomic E-state index is 8.86. The third-order valence-electron chi connectivity index (χ3n) is 2.94. The van der Waals surface area contributed by atoms with E-state index in [1.54, 1.807) is 0 Å². The van der Waals surface area contributed by atoms with Crippen LogP contribution in [0.1, 0.15) is 55.8 Å². The fourth-order valence-corrected chi connectivity index (χ4v) is 2.00. The second-order valence-corrected chi connectivity index (χ2v) is 4.11. The lowest BCUT2D eigenvalue weighted by Crippen LogP contribution is -2.15. The molecule has 5 nitrogen and oxygen atoms in total. The summed E-state index contributed by atoms with van der Waals surface area (Å²) in [5.41, 5.74) is 5.59. The van der Waals surface area contributed by atoms with Gasteiger partial charge in [0.1, 0.15) is 6.04 Å². The van der Waals surface area contributed by atoms with Gasteiger partial charge in [0.25, 0.3) is 0 Å². The summed E-state index contributed by atoms with van der Waals surface area (Å²) in [6.07, 6.45) is 6.04. The van der Waals surface area contributed by atoms with Crippen LogP contribution in [0.3, 0.4) is 0 Å². The highest BCUT2D eigenvalue weighted by Gasteiger charge is 2.22. The molecule has 3 N–H and O–H groups in total. The van der Waals surface area contributed by atoms with E-state index >= 15 is 0 Å². The highest BCUT2D eigenvalue weighted by molar-refractivity contribution is 4.99. The average Bonchev–Trinajstić information content (AvgIpc) is 2.78. The topological polar surface area (TPSA) is 85.2 Å². The van der Waals surface area contributed by atoms with Crippen molar-refractivity contribution < 1.29 is 9.63 Å². The van der Waals surface area contributed by atoms with Gasteiger partial charge in [0.05, 0.1) is 6.61 Å². The fourth-order valence-electron chi connectivity index (χ4n) is 2.00. The van der Waals surface area contributed by atoms with Crippen LogP contribution in [0.5, 0.6) is 0 Å². The average molecular weight is 211 g/mol. The van der Waals surface area contributed by atoms with Gasteiger partial charge >= 0.3 is 0 Å². The molecule has 1 fully saturated rings. The zero-order valence-electron chi connectivity index (χ0n) is 8.72. The Morgan fingerprint density at radius 1 is 1.40 bits per heavy atom. The molecule has 0 saturated heterocycles. The van der Waals surface area contributed by atoms with E-state index in [-0.39, 0.29) is 6.61 Å². The quantitative estimate of drug-likeness (QED) is 0.782. The molecule has 1 aromatic heterocycles. The van der Waals surface area contributed by atoms with Crippen LogP contribution in [0.15, 0.2) is 4.52 Å². The summed E-state index contributed by atoms with van der Waals surface area (Å²) >= 11 is 0. The zero-order chi connectivity index (χ0) is 10.7. The van der Waals surface area contributed by atoms with Crippen molar-refractivity contribution in [1.29, 1.82) is 0 Å². The van der Waals surface area contributed by atoms with E-state index in [9.17, 15) is 0 Å². The van der Waals surface area contributed by atoms with E-state index in [0.29, 0.717) is 11.8 Å². The van der Waals surface area contributed by atoms with Crippen molar-refractivity contribution in [1.82, 2.24) is 10.1 Å². The van der Waals surface area contributed by atoms with E-state index in [1.807, 2.05) is 0 Å². The Hall–Kier alpha value is -0.940. The maximum atomic E-state index is 8.86. The molecule has 0 aromatic carbocycles. The van der Waals surface area contributed by atoms with Crippen molar-refractivity contribution in [3.8, 4) is 0 Å². The van der Waals surface area contributed by atoms with Crippen molar-refractivity contribution in [2.45, 2.75) is 44.1 Å². The summed E-state index contributed by atoms with van der Waals surface area (Å²) in [5, 5.41) is 12.8. The molecular formula is C10H17N3O2. The Balaban J connectivity index is 2.05. The molecule has 0 aliphatic heterocycles. The summed E-state index contributed by atoms with van der Waals surface area (Å²) in [7, 11) is 0. The van der Waals surface area contributed by atoms with Crippen molar-refractivity contribution >= 4 is 0 Å². The first-order valence-corrected chi connectivity index (χ1v) is 5.51. The Labute approximate surface area is 88.7 Å². The van der Waals surface area contributed by atoms with Gasteiger partial charge in [0, 0.05) is 5.92 Å². The Morgan fingerprint density at radius 2 is 2.13 bits per heavy atom. The van der Waals surface area contributed by atoms with Crippen LogP contribution in [0.2, 0.25) is 0 Å². The number of nitrogens with zero attached hydrogens (tertiary/aromatic N) is 2. The minimum atomic E-state index is -0.546. The van der Waals surface area contributed by atoms with E-state index < -0.39 is 6.04 Å². The van der Waals surface area contributed by atoms with Gasteiger partial charge in [-0.3, -0.25) is 0 Å². The van der Waals surface area contributed by atoms with Gasteiger partial charge in [-0.25, -0.2) is 0 Å².